The average Bonchev–Trinajstić information content (AvgIpc) is 2.62. The fourth-order valence-corrected chi connectivity index (χ4v) is 2.70. The Morgan fingerprint density at radius 1 is 1.24 bits per heavy atom. The van der Waals surface area contributed by atoms with Gasteiger partial charge in [0.25, 0.3) is 0 Å². The molecule has 4 heteroatoms. The van der Waals surface area contributed by atoms with Gasteiger partial charge in [0.1, 0.15) is 5.82 Å². The molecule has 0 saturated carbocycles. The lowest BCUT2D eigenvalue weighted by atomic mass is 10.0. The molecular weight excluding hydrogens is 259 g/mol. The van der Waals surface area contributed by atoms with E-state index in [4.69, 9.17) is 11.6 Å². The number of rotatable bonds is 2. The highest BCUT2D eigenvalue weighted by Crippen LogP contribution is 2.29. The van der Waals surface area contributed by atoms with Gasteiger partial charge in [0.05, 0.1) is 9.21 Å². The van der Waals surface area contributed by atoms with Crippen molar-refractivity contribution in [2.75, 3.05) is 0 Å². The number of hydrogen-bond acceptors (Lipinski definition) is 2. The summed E-state index contributed by atoms with van der Waals surface area (Å²) in [7, 11) is 0. The highest BCUT2D eigenvalue weighted by Gasteiger charge is 2.16. The van der Waals surface area contributed by atoms with Crippen LogP contribution < -0.4 is 0 Å². The first-order chi connectivity index (χ1) is 7.99. The molecule has 0 unspecified atom stereocenters. The Kier molecular flexibility index (Phi) is 3.31. The van der Waals surface area contributed by atoms with E-state index in [1.165, 1.54) is 23.5 Å². The average molecular weight is 269 g/mol. The van der Waals surface area contributed by atoms with Gasteiger partial charge in [-0.1, -0.05) is 17.7 Å². The number of aryl methyl sites for hydroxylation is 2. The first-order valence-corrected chi connectivity index (χ1v) is 6.25. The molecule has 0 amide bonds. The summed E-state index contributed by atoms with van der Waals surface area (Å²) >= 11 is 7.15. The molecule has 2 aromatic rings. The van der Waals surface area contributed by atoms with Crippen molar-refractivity contribution in [3.8, 4) is 0 Å². The van der Waals surface area contributed by atoms with E-state index in [2.05, 4.69) is 0 Å². The molecule has 1 nitrogen and oxygen atoms in total. The molecule has 0 bridgehead atoms. The summed E-state index contributed by atoms with van der Waals surface area (Å²) in [6, 6.07) is 5.95. The zero-order valence-corrected chi connectivity index (χ0v) is 11.0. The second-order valence-electron chi connectivity index (χ2n) is 3.86. The SMILES string of the molecule is Cc1ccc(F)cc1C(=O)c1cc(C)c(Cl)s1. The number of carbonyl (C=O) groups excluding carboxylic acids is 1. The third-order valence-electron chi connectivity index (χ3n) is 2.53. The van der Waals surface area contributed by atoms with E-state index in [1.54, 1.807) is 19.1 Å². The van der Waals surface area contributed by atoms with Gasteiger partial charge in [0.15, 0.2) is 0 Å². The largest absolute Gasteiger partial charge is 0.288 e. The maximum absolute atomic E-state index is 13.1. The van der Waals surface area contributed by atoms with Crippen LogP contribution in [0, 0.1) is 19.7 Å². The lowest BCUT2D eigenvalue weighted by Crippen LogP contribution is -2.02. The molecule has 0 saturated heterocycles. The van der Waals surface area contributed by atoms with Crippen molar-refractivity contribution in [3.63, 3.8) is 0 Å². The lowest BCUT2D eigenvalue weighted by Gasteiger charge is -2.02. The normalized spacial score (nSPS) is 10.6. The fourth-order valence-electron chi connectivity index (χ4n) is 1.54. The number of benzene rings is 1. The molecular formula is C13H10ClFOS. The summed E-state index contributed by atoms with van der Waals surface area (Å²) < 4.78 is 13.7. The van der Waals surface area contributed by atoms with Crippen LogP contribution in [0.5, 0.6) is 0 Å². The second-order valence-corrected chi connectivity index (χ2v) is 5.51. The number of hydrogen-bond donors (Lipinski definition) is 0. The van der Waals surface area contributed by atoms with Gasteiger partial charge in [0, 0.05) is 5.56 Å². The zero-order valence-electron chi connectivity index (χ0n) is 9.38. The van der Waals surface area contributed by atoms with Crippen molar-refractivity contribution in [2.24, 2.45) is 0 Å². The van der Waals surface area contributed by atoms with Crippen molar-refractivity contribution in [1.82, 2.24) is 0 Å². The van der Waals surface area contributed by atoms with Crippen LogP contribution in [-0.2, 0) is 0 Å². The van der Waals surface area contributed by atoms with Gasteiger partial charge in [-0.2, -0.15) is 0 Å². The number of carbonyl (C=O) groups is 1. The topological polar surface area (TPSA) is 17.1 Å². The standard InChI is InChI=1S/C13H10ClFOS/c1-7-3-4-9(15)6-10(7)12(16)11-5-8(2)13(14)17-11/h3-6H,1-2H3. The highest BCUT2D eigenvalue weighted by atomic mass is 35.5. The van der Waals surface area contributed by atoms with Crippen molar-refractivity contribution >= 4 is 28.7 Å². The van der Waals surface area contributed by atoms with E-state index in [0.29, 0.717) is 14.8 Å². The maximum atomic E-state index is 13.1. The fraction of sp³-hybridized carbons (Fsp3) is 0.154. The first-order valence-electron chi connectivity index (χ1n) is 5.06. The third-order valence-corrected chi connectivity index (χ3v) is 4.08. The molecule has 0 atom stereocenters. The summed E-state index contributed by atoms with van der Waals surface area (Å²) in [6.45, 7) is 3.63. The van der Waals surface area contributed by atoms with Crippen LogP contribution in [0.25, 0.3) is 0 Å². The van der Waals surface area contributed by atoms with E-state index in [-0.39, 0.29) is 5.78 Å². The highest BCUT2D eigenvalue weighted by molar-refractivity contribution is 7.18. The monoisotopic (exact) mass is 268 g/mol. The number of thiophene rings is 1. The van der Waals surface area contributed by atoms with E-state index in [9.17, 15) is 9.18 Å². The molecule has 0 aliphatic carbocycles. The van der Waals surface area contributed by atoms with E-state index in [1.807, 2.05) is 6.92 Å². The Labute approximate surface area is 108 Å². The van der Waals surface area contributed by atoms with Crippen LogP contribution in [0.4, 0.5) is 4.39 Å². The second kappa shape index (κ2) is 4.59. The van der Waals surface area contributed by atoms with Crippen LogP contribution in [0.2, 0.25) is 4.34 Å². The van der Waals surface area contributed by atoms with Gasteiger partial charge in [-0.25, -0.2) is 4.39 Å². The van der Waals surface area contributed by atoms with Crippen LogP contribution >= 0.6 is 22.9 Å². The van der Waals surface area contributed by atoms with Gasteiger partial charge in [-0.3, -0.25) is 4.79 Å². The van der Waals surface area contributed by atoms with E-state index < -0.39 is 5.82 Å². The predicted octanol–water partition coefficient (Wildman–Crippen LogP) is 4.39. The summed E-state index contributed by atoms with van der Waals surface area (Å²) in [5.74, 6) is -0.583. The lowest BCUT2D eigenvalue weighted by molar-refractivity contribution is 0.104. The number of ketones is 1. The van der Waals surface area contributed by atoms with Crippen LogP contribution in [0.15, 0.2) is 24.3 Å². The molecule has 1 heterocycles. The van der Waals surface area contributed by atoms with Crippen LogP contribution in [0.1, 0.15) is 26.4 Å². The molecule has 1 aromatic heterocycles. The van der Waals surface area contributed by atoms with Crippen molar-refractivity contribution in [3.05, 3.63) is 56.0 Å². The molecule has 0 aliphatic rings. The molecule has 0 fully saturated rings. The smallest absolute Gasteiger partial charge is 0.203 e. The maximum Gasteiger partial charge on any atom is 0.203 e. The van der Waals surface area contributed by atoms with Gasteiger partial charge in [-0.15, -0.1) is 11.3 Å². The third kappa shape index (κ3) is 2.40. The summed E-state index contributed by atoms with van der Waals surface area (Å²) in [5.41, 5.74) is 2.02. The minimum atomic E-state index is -0.404. The zero-order chi connectivity index (χ0) is 12.6. The predicted molar refractivity (Wildman–Crippen MR) is 68.6 cm³/mol. The summed E-state index contributed by atoms with van der Waals surface area (Å²) in [6.07, 6.45) is 0. The Hall–Kier alpha value is -1.19. The quantitative estimate of drug-likeness (QED) is 0.739. The van der Waals surface area contributed by atoms with Crippen molar-refractivity contribution in [1.29, 1.82) is 0 Å². The molecule has 0 spiro atoms. The van der Waals surface area contributed by atoms with Crippen molar-refractivity contribution < 1.29 is 9.18 Å². The van der Waals surface area contributed by atoms with Gasteiger partial charge in [0.2, 0.25) is 5.78 Å². The Morgan fingerprint density at radius 2 is 1.94 bits per heavy atom. The summed E-state index contributed by atoms with van der Waals surface area (Å²) in [4.78, 5) is 12.7. The van der Waals surface area contributed by atoms with Gasteiger partial charge < -0.3 is 0 Å². The molecule has 1 aromatic carbocycles. The molecule has 0 N–H and O–H groups in total. The molecule has 2 rings (SSSR count). The van der Waals surface area contributed by atoms with Crippen molar-refractivity contribution in [2.45, 2.75) is 13.8 Å². The Bertz CT molecular complexity index is 570. The molecule has 17 heavy (non-hydrogen) atoms. The minimum Gasteiger partial charge on any atom is -0.288 e. The Morgan fingerprint density at radius 3 is 2.53 bits per heavy atom. The van der Waals surface area contributed by atoms with E-state index in [0.717, 1.165) is 11.1 Å². The van der Waals surface area contributed by atoms with Crippen LogP contribution in [-0.4, -0.2) is 5.78 Å². The minimum absolute atomic E-state index is 0.179. The first kappa shape index (κ1) is 12.3. The molecule has 0 aliphatic heterocycles. The molecule has 0 radical (unpaired) electrons. The Balaban J connectivity index is 2.47. The van der Waals surface area contributed by atoms with Gasteiger partial charge in [-0.05, 0) is 43.2 Å². The number of halogens is 2. The van der Waals surface area contributed by atoms with E-state index >= 15 is 0 Å². The van der Waals surface area contributed by atoms with Gasteiger partial charge >= 0.3 is 0 Å². The van der Waals surface area contributed by atoms with Crippen LogP contribution in [0.3, 0.4) is 0 Å². The molecule has 88 valence electrons. The summed E-state index contributed by atoms with van der Waals surface area (Å²) in [5, 5.41) is 0.